The molecule has 2 aliphatic rings. The normalized spacial score (nSPS) is 19.3. The van der Waals surface area contributed by atoms with Crippen LogP contribution in [0.4, 0.5) is 5.69 Å². The maximum Gasteiger partial charge on any atom is 0.241 e. The Balaban J connectivity index is 1.67. The zero-order valence-electron chi connectivity index (χ0n) is 17.6. The van der Waals surface area contributed by atoms with E-state index in [0.29, 0.717) is 13.2 Å². The zero-order chi connectivity index (χ0) is 21.3. The first-order chi connectivity index (χ1) is 14.6. The van der Waals surface area contributed by atoms with Crippen molar-refractivity contribution in [2.24, 2.45) is 0 Å². The first-order valence-corrected chi connectivity index (χ1v) is 11.8. The molecule has 2 heterocycles. The second-order valence-electron chi connectivity index (χ2n) is 7.45. The van der Waals surface area contributed by atoms with E-state index in [1.807, 2.05) is 52.8 Å². The largest absolute Gasteiger partial charge is 0.494 e. The SMILES string of the molecule is CCOc1ccc(N(CCC#N)C(=O)CN2CCCC2C(=O)N2CCSCC2)cc1. The summed E-state index contributed by atoms with van der Waals surface area (Å²) in [6.07, 6.45) is 1.98. The fourth-order valence-electron chi connectivity index (χ4n) is 4.00. The summed E-state index contributed by atoms with van der Waals surface area (Å²) in [5, 5.41) is 9.03. The highest BCUT2D eigenvalue weighted by Gasteiger charge is 2.35. The van der Waals surface area contributed by atoms with Gasteiger partial charge >= 0.3 is 0 Å². The fourth-order valence-corrected chi connectivity index (χ4v) is 4.90. The lowest BCUT2D eigenvalue weighted by Crippen LogP contribution is -2.51. The third kappa shape index (κ3) is 5.67. The number of likely N-dealkylation sites (tertiary alicyclic amines) is 1. The monoisotopic (exact) mass is 430 g/mol. The van der Waals surface area contributed by atoms with Gasteiger partial charge in [0.05, 0.1) is 31.7 Å². The Bertz CT molecular complexity index is 759. The van der Waals surface area contributed by atoms with Crippen LogP contribution in [0.1, 0.15) is 26.2 Å². The number of nitriles is 1. The van der Waals surface area contributed by atoms with E-state index in [0.717, 1.165) is 55.4 Å². The standard InChI is InChI=1S/C22H30N4O3S/c1-2-29-19-8-6-18(7-9-19)26(12-4-10-23)21(27)17-25-11-3-5-20(25)22(28)24-13-15-30-16-14-24/h6-9,20H,2-5,11-17H2,1H3. The van der Waals surface area contributed by atoms with Crippen LogP contribution in [0.25, 0.3) is 0 Å². The highest BCUT2D eigenvalue weighted by Crippen LogP contribution is 2.24. The summed E-state index contributed by atoms with van der Waals surface area (Å²) in [4.78, 5) is 31.8. The minimum atomic E-state index is -0.213. The van der Waals surface area contributed by atoms with Gasteiger partial charge in [-0.15, -0.1) is 0 Å². The van der Waals surface area contributed by atoms with Crippen molar-refractivity contribution >= 4 is 29.3 Å². The molecule has 3 rings (SSSR count). The van der Waals surface area contributed by atoms with Crippen LogP contribution >= 0.6 is 11.8 Å². The van der Waals surface area contributed by atoms with Crippen LogP contribution in [-0.2, 0) is 9.59 Å². The number of amides is 2. The number of nitrogens with zero attached hydrogens (tertiary/aromatic N) is 4. The number of benzene rings is 1. The van der Waals surface area contributed by atoms with E-state index in [-0.39, 0.29) is 30.8 Å². The van der Waals surface area contributed by atoms with Crippen molar-refractivity contribution in [1.29, 1.82) is 5.26 Å². The molecule has 30 heavy (non-hydrogen) atoms. The Morgan fingerprint density at radius 2 is 1.97 bits per heavy atom. The maximum atomic E-state index is 13.2. The molecule has 1 aromatic carbocycles. The molecule has 1 aromatic rings. The Morgan fingerprint density at radius 3 is 2.63 bits per heavy atom. The smallest absolute Gasteiger partial charge is 0.241 e. The molecule has 2 fully saturated rings. The molecule has 0 aliphatic carbocycles. The molecular formula is C22H30N4O3S. The molecule has 0 spiro atoms. The molecule has 1 atom stereocenters. The van der Waals surface area contributed by atoms with E-state index in [2.05, 4.69) is 6.07 Å². The third-order valence-electron chi connectivity index (χ3n) is 5.52. The minimum absolute atomic E-state index is 0.0803. The van der Waals surface area contributed by atoms with Gasteiger partial charge in [-0.3, -0.25) is 14.5 Å². The Kier molecular flexibility index (Phi) is 8.40. The quantitative estimate of drug-likeness (QED) is 0.630. The predicted octanol–water partition coefficient (Wildman–Crippen LogP) is 2.37. The molecule has 2 saturated heterocycles. The number of anilines is 1. The fraction of sp³-hybridized carbons (Fsp3) is 0.591. The van der Waals surface area contributed by atoms with E-state index < -0.39 is 0 Å². The summed E-state index contributed by atoms with van der Waals surface area (Å²) in [6, 6.07) is 9.27. The van der Waals surface area contributed by atoms with Crippen molar-refractivity contribution in [2.75, 3.05) is 55.7 Å². The molecule has 0 aromatic heterocycles. The van der Waals surface area contributed by atoms with Gasteiger partial charge < -0.3 is 14.5 Å². The number of ether oxygens (including phenoxy) is 1. The molecule has 8 heteroatoms. The average molecular weight is 431 g/mol. The number of rotatable bonds is 8. The van der Waals surface area contributed by atoms with Crippen LogP contribution in [-0.4, -0.2) is 78.5 Å². The van der Waals surface area contributed by atoms with Crippen molar-refractivity contribution in [2.45, 2.75) is 32.2 Å². The van der Waals surface area contributed by atoms with Crippen molar-refractivity contribution < 1.29 is 14.3 Å². The van der Waals surface area contributed by atoms with Crippen LogP contribution in [0.3, 0.4) is 0 Å². The number of thioether (sulfide) groups is 1. The van der Waals surface area contributed by atoms with E-state index in [4.69, 9.17) is 10.00 Å². The molecular weight excluding hydrogens is 400 g/mol. The van der Waals surface area contributed by atoms with Gasteiger partial charge in [0.2, 0.25) is 11.8 Å². The number of hydrogen-bond acceptors (Lipinski definition) is 6. The molecule has 0 N–H and O–H groups in total. The van der Waals surface area contributed by atoms with Crippen LogP contribution in [0.2, 0.25) is 0 Å². The first kappa shape index (κ1) is 22.4. The maximum absolute atomic E-state index is 13.2. The van der Waals surface area contributed by atoms with E-state index in [1.54, 1.807) is 4.90 Å². The van der Waals surface area contributed by atoms with Crippen LogP contribution in [0.5, 0.6) is 5.75 Å². The zero-order valence-corrected chi connectivity index (χ0v) is 18.4. The lowest BCUT2D eigenvalue weighted by atomic mass is 10.2. The van der Waals surface area contributed by atoms with Crippen molar-refractivity contribution in [3.63, 3.8) is 0 Å². The van der Waals surface area contributed by atoms with Crippen molar-refractivity contribution in [1.82, 2.24) is 9.80 Å². The second kappa shape index (κ2) is 11.2. The van der Waals surface area contributed by atoms with Gasteiger partial charge in [0.1, 0.15) is 5.75 Å². The van der Waals surface area contributed by atoms with Gasteiger partial charge in [-0.25, -0.2) is 0 Å². The highest BCUT2D eigenvalue weighted by molar-refractivity contribution is 7.99. The van der Waals surface area contributed by atoms with Crippen LogP contribution in [0.15, 0.2) is 24.3 Å². The third-order valence-corrected chi connectivity index (χ3v) is 6.46. The summed E-state index contributed by atoms with van der Waals surface area (Å²) in [6.45, 7) is 5.37. The number of hydrogen-bond donors (Lipinski definition) is 0. The van der Waals surface area contributed by atoms with E-state index in [1.165, 1.54) is 0 Å². The lowest BCUT2D eigenvalue weighted by molar-refractivity contribution is -0.136. The average Bonchev–Trinajstić information content (AvgIpc) is 3.23. The Morgan fingerprint density at radius 1 is 1.23 bits per heavy atom. The minimum Gasteiger partial charge on any atom is -0.494 e. The van der Waals surface area contributed by atoms with Gasteiger partial charge in [-0.2, -0.15) is 17.0 Å². The topological polar surface area (TPSA) is 76.9 Å². The summed E-state index contributed by atoms with van der Waals surface area (Å²) in [5.41, 5.74) is 0.744. The molecule has 0 radical (unpaired) electrons. The number of carbonyl (C=O) groups excluding carboxylic acids is 2. The number of carbonyl (C=O) groups is 2. The van der Waals surface area contributed by atoms with E-state index >= 15 is 0 Å². The summed E-state index contributed by atoms with van der Waals surface area (Å²) < 4.78 is 5.48. The Labute approximate surface area is 182 Å². The summed E-state index contributed by atoms with van der Waals surface area (Å²) in [5.74, 6) is 2.79. The highest BCUT2D eigenvalue weighted by atomic mass is 32.2. The molecule has 0 saturated carbocycles. The van der Waals surface area contributed by atoms with Gasteiger partial charge in [-0.05, 0) is 50.6 Å². The predicted molar refractivity (Wildman–Crippen MR) is 119 cm³/mol. The molecule has 7 nitrogen and oxygen atoms in total. The van der Waals surface area contributed by atoms with Gasteiger partial charge in [0.25, 0.3) is 0 Å². The van der Waals surface area contributed by atoms with Gasteiger partial charge in [0.15, 0.2) is 0 Å². The summed E-state index contributed by atoms with van der Waals surface area (Å²) in [7, 11) is 0. The van der Waals surface area contributed by atoms with Gasteiger partial charge in [0, 0.05) is 36.8 Å². The molecule has 0 bridgehead atoms. The molecule has 2 amide bonds. The molecule has 2 aliphatic heterocycles. The van der Waals surface area contributed by atoms with Crippen LogP contribution in [0, 0.1) is 11.3 Å². The second-order valence-corrected chi connectivity index (χ2v) is 8.67. The van der Waals surface area contributed by atoms with Gasteiger partial charge in [-0.1, -0.05) is 0 Å². The first-order valence-electron chi connectivity index (χ1n) is 10.6. The molecule has 1 unspecified atom stereocenters. The van der Waals surface area contributed by atoms with E-state index in [9.17, 15) is 9.59 Å². The van der Waals surface area contributed by atoms with Crippen LogP contribution < -0.4 is 9.64 Å². The van der Waals surface area contributed by atoms with Crippen molar-refractivity contribution in [3.8, 4) is 11.8 Å². The Hall–Kier alpha value is -2.24. The molecule has 162 valence electrons. The summed E-state index contributed by atoms with van der Waals surface area (Å²) >= 11 is 1.88. The lowest BCUT2D eigenvalue weighted by Gasteiger charge is -2.33. The van der Waals surface area contributed by atoms with Crippen molar-refractivity contribution in [3.05, 3.63) is 24.3 Å².